The molecule has 2 aromatic carbocycles. The van der Waals surface area contributed by atoms with Gasteiger partial charge in [0.15, 0.2) is 6.61 Å². The highest BCUT2D eigenvalue weighted by Gasteiger charge is 2.11. The van der Waals surface area contributed by atoms with Crippen LogP contribution in [0.15, 0.2) is 42.5 Å². The summed E-state index contributed by atoms with van der Waals surface area (Å²) in [5.41, 5.74) is 0.634. The van der Waals surface area contributed by atoms with E-state index in [4.69, 9.17) is 21.6 Å². The van der Waals surface area contributed by atoms with Crippen LogP contribution in [0.25, 0.3) is 0 Å². The van der Waals surface area contributed by atoms with Crippen LogP contribution in [0.5, 0.6) is 5.75 Å². The van der Waals surface area contributed by atoms with E-state index in [1.54, 1.807) is 24.3 Å². The fourth-order valence-corrected chi connectivity index (χ4v) is 1.82. The third kappa shape index (κ3) is 3.71. The number of carbonyl (C=O) groups is 1. The molecular formula is C15H10ClFN2O2. The van der Waals surface area contributed by atoms with E-state index in [9.17, 15) is 9.18 Å². The predicted molar refractivity (Wildman–Crippen MR) is 76.9 cm³/mol. The highest BCUT2D eigenvalue weighted by molar-refractivity contribution is 6.31. The van der Waals surface area contributed by atoms with E-state index >= 15 is 0 Å². The lowest BCUT2D eigenvalue weighted by molar-refractivity contribution is 0.102. The topological polar surface area (TPSA) is 62.1 Å². The van der Waals surface area contributed by atoms with Gasteiger partial charge in [0.1, 0.15) is 17.6 Å². The molecule has 0 saturated heterocycles. The van der Waals surface area contributed by atoms with Gasteiger partial charge in [0, 0.05) is 5.56 Å². The van der Waals surface area contributed by atoms with Gasteiger partial charge >= 0.3 is 0 Å². The number of halogens is 2. The van der Waals surface area contributed by atoms with Gasteiger partial charge in [0.05, 0.1) is 10.7 Å². The van der Waals surface area contributed by atoms with E-state index in [1.165, 1.54) is 12.1 Å². The number of ether oxygens (including phenoxy) is 1. The van der Waals surface area contributed by atoms with Gasteiger partial charge in [-0.1, -0.05) is 23.7 Å². The lowest BCUT2D eigenvalue weighted by atomic mass is 10.2. The quantitative estimate of drug-likeness (QED) is 0.938. The summed E-state index contributed by atoms with van der Waals surface area (Å²) in [5, 5.41) is 11.0. The van der Waals surface area contributed by atoms with Crippen LogP contribution >= 0.6 is 11.6 Å². The van der Waals surface area contributed by atoms with Gasteiger partial charge in [-0.25, -0.2) is 4.39 Å². The molecule has 0 aliphatic heterocycles. The molecule has 106 valence electrons. The Hall–Kier alpha value is -2.58. The van der Waals surface area contributed by atoms with Crippen molar-refractivity contribution in [2.45, 2.75) is 0 Å². The number of nitriles is 1. The zero-order valence-electron chi connectivity index (χ0n) is 10.8. The van der Waals surface area contributed by atoms with E-state index in [2.05, 4.69) is 5.32 Å². The molecule has 2 aromatic rings. The fourth-order valence-electron chi connectivity index (χ4n) is 1.64. The first kappa shape index (κ1) is 14.8. The van der Waals surface area contributed by atoms with E-state index in [1.807, 2.05) is 6.07 Å². The summed E-state index contributed by atoms with van der Waals surface area (Å²) >= 11 is 5.64. The number of nitrogens with one attached hydrogen (secondary N) is 1. The lowest BCUT2D eigenvalue weighted by Crippen LogP contribution is -2.13. The first-order valence-electron chi connectivity index (χ1n) is 5.97. The number of nitrogens with zero attached hydrogens (tertiary/aromatic N) is 1. The number of para-hydroxylation sites is 2. The highest BCUT2D eigenvalue weighted by atomic mass is 35.5. The van der Waals surface area contributed by atoms with Crippen LogP contribution in [0.3, 0.4) is 0 Å². The summed E-state index contributed by atoms with van der Waals surface area (Å²) in [7, 11) is 0. The monoisotopic (exact) mass is 304 g/mol. The normalized spacial score (nSPS) is 9.76. The highest BCUT2D eigenvalue weighted by Crippen LogP contribution is 2.25. The summed E-state index contributed by atoms with van der Waals surface area (Å²) in [6.45, 7) is -0.130. The molecule has 0 bridgehead atoms. The van der Waals surface area contributed by atoms with Gasteiger partial charge in [-0.15, -0.1) is 0 Å². The fraction of sp³-hybridized carbons (Fsp3) is 0.0667. The molecule has 0 heterocycles. The Kier molecular flexibility index (Phi) is 4.75. The van der Waals surface area contributed by atoms with Crippen molar-refractivity contribution < 1.29 is 13.9 Å². The second-order valence-electron chi connectivity index (χ2n) is 4.03. The van der Waals surface area contributed by atoms with Crippen molar-refractivity contribution in [3.63, 3.8) is 0 Å². The predicted octanol–water partition coefficient (Wildman–Crippen LogP) is 3.63. The number of anilines is 1. The lowest BCUT2D eigenvalue weighted by Gasteiger charge is -2.10. The van der Waals surface area contributed by atoms with Crippen LogP contribution in [0, 0.1) is 17.1 Å². The van der Waals surface area contributed by atoms with Crippen LogP contribution in [-0.4, -0.2) is 12.5 Å². The molecule has 0 aliphatic rings. The van der Waals surface area contributed by atoms with Crippen molar-refractivity contribution in [3.8, 4) is 11.8 Å². The minimum Gasteiger partial charge on any atom is -0.477 e. The van der Waals surface area contributed by atoms with Gasteiger partial charge < -0.3 is 10.1 Å². The molecule has 2 rings (SSSR count). The summed E-state index contributed by atoms with van der Waals surface area (Å²) in [6, 6.07) is 12.2. The van der Waals surface area contributed by atoms with E-state index in [0.717, 1.165) is 6.07 Å². The number of benzene rings is 2. The number of amides is 1. The maximum atomic E-state index is 13.1. The minimum absolute atomic E-state index is 0.128. The number of rotatable bonds is 4. The average molecular weight is 305 g/mol. The molecule has 1 N–H and O–H groups in total. The largest absolute Gasteiger partial charge is 0.477 e. The van der Waals surface area contributed by atoms with Crippen molar-refractivity contribution in [3.05, 3.63) is 58.9 Å². The zero-order chi connectivity index (χ0) is 15.2. The Labute approximate surface area is 125 Å². The Bertz CT molecular complexity index is 713. The van der Waals surface area contributed by atoms with E-state index in [-0.39, 0.29) is 17.2 Å². The van der Waals surface area contributed by atoms with Crippen LogP contribution in [-0.2, 0) is 0 Å². The molecule has 6 heteroatoms. The average Bonchev–Trinajstić information content (AvgIpc) is 2.49. The van der Waals surface area contributed by atoms with Crippen LogP contribution in [0.4, 0.5) is 10.1 Å². The first-order chi connectivity index (χ1) is 10.1. The number of hydrogen-bond donors (Lipinski definition) is 1. The Morgan fingerprint density at radius 2 is 2.10 bits per heavy atom. The SMILES string of the molecule is N#CCOc1ccccc1NC(=O)c1ccc(F)c(Cl)c1. The van der Waals surface area contributed by atoms with Gasteiger partial charge in [0.25, 0.3) is 5.91 Å². The Morgan fingerprint density at radius 3 is 2.81 bits per heavy atom. The van der Waals surface area contributed by atoms with Crippen molar-refractivity contribution >= 4 is 23.2 Å². The maximum Gasteiger partial charge on any atom is 0.255 e. The van der Waals surface area contributed by atoms with Crippen molar-refractivity contribution in [2.75, 3.05) is 11.9 Å². The van der Waals surface area contributed by atoms with Crippen molar-refractivity contribution in [2.24, 2.45) is 0 Å². The molecule has 1 amide bonds. The molecular weight excluding hydrogens is 295 g/mol. The minimum atomic E-state index is -0.592. The smallest absolute Gasteiger partial charge is 0.255 e. The Balaban J connectivity index is 2.19. The summed E-state index contributed by atoms with van der Waals surface area (Å²) in [4.78, 5) is 12.1. The third-order valence-corrected chi connectivity index (χ3v) is 2.90. The number of carbonyl (C=O) groups excluding carboxylic acids is 1. The molecule has 0 spiro atoms. The van der Waals surface area contributed by atoms with Crippen molar-refractivity contribution in [1.82, 2.24) is 0 Å². The van der Waals surface area contributed by atoms with E-state index < -0.39 is 11.7 Å². The van der Waals surface area contributed by atoms with E-state index in [0.29, 0.717) is 11.4 Å². The summed E-state index contributed by atoms with van der Waals surface area (Å²) in [5.74, 6) is -0.670. The van der Waals surface area contributed by atoms with Crippen LogP contribution in [0.1, 0.15) is 10.4 Å². The molecule has 4 nitrogen and oxygen atoms in total. The van der Waals surface area contributed by atoms with Crippen molar-refractivity contribution in [1.29, 1.82) is 5.26 Å². The van der Waals surface area contributed by atoms with Crippen LogP contribution < -0.4 is 10.1 Å². The molecule has 21 heavy (non-hydrogen) atoms. The Morgan fingerprint density at radius 1 is 1.33 bits per heavy atom. The van der Waals surface area contributed by atoms with Gasteiger partial charge in [0.2, 0.25) is 0 Å². The van der Waals surface area contributed by atoms with Gasteiger partial charge in [-0.2, -0.15) is 5.26 Å². The second-order valence-corrected chi connectivity index (χ2v) is 4.43. The first-order valence-corrected chi connectivity index (χ1v) is 6.35. The molecule has 0 unspecified atom stereocenters. The molecule has 0 saturated carbocycles. The zero-order valence-corrected chi connectivity index (χ0v) is 11.5. The van der Waals surface area contributed by atoms with Crippen LogP contribution in [0.2, 0.25) is 5.02 Å². The summed E-state index contributed by atoms with van der Waals surface area (Å²) in [6.07, 6.45) is 0. The molecule has 0 atom stereocenters. The molecule has 0 radical (unpaired) electrons. The molecule has 0 aliphatic carbocycles. The maximum absolute atomic E-state index is 13.1. The standard InChI is InChI=1S/C15H10ClFN2O2/c16-11-9-10(5-6-12(11)17)15(20)19-13-3-1-2-4-14(13)21-8-7-18/h1-6,9H,8H2,(H,19,20). The summed E-state index contributed by atoms with van der Waals surface area (Å²) < 4.78 is 18.3. The number of hydrogen-bond acceptors (Lipinski definition) is 3. The third-order valence-electron chi connectivity index (χ3n) is 2.61. The van der Waals surface area contributed by atoms with Gasteiger partial charge in [-0.05, 0) is 30.3 Å². The molecule has 0 aromatic heterocycles. The van der Waals surface area contributed by atoms with Gasteiger partial charge in [-0.3, -0.25) is 4.79 Å². The molecule has 0 fully saturated rings. The second kappa shape index (κ2) is 6.73.